The standard InChI is InChI=1S/C14H13ClO2/c1-9-3-4-11(7-10(9)2)17-12-5-6-14(16)13(15)8-12/h3-8,16H,1-2H3. The fourth-order valence-corrected chi connectivity index (χ4v) is 1.64. The molecule has 0 aromatic heterocycles. The molecule has 17 heavy (non-hydrogen) atoms. The number of rotatable bonds is 2. The number of hydrogen-bond donors (Lipinski definition) is 1. The predicted octanol–water partition coefficient (Wildman–Crippen LogP) is 4.45. The van der Waals surface area contributed by atoms with Crippen molar-refractivity contribution in [2.45, 2.75) is 13.8 Å². The Bertz CT molecular complexity index is 500. The first-order valence-corrected chi connectivity index (χ1v) is 5.67. The Kier molecular flexibility index (Phi) is 3.25. The van der Waals surface area contributed by atoms with Gasteiger partial charge in [-0.25, -0.2) is 0 Å². The summed E-state index contributed by atoms with van der Waals surface area (Å²) in [6.07, 6.45) is 0. The second-order valence-electron chi connectivity index (χ2n) is 3.96. The highest BCUT2D eigenvalue weighted by molar-refractivity contribution is 6.32. The van der Waals surface area contributed by atoms with Crippen molar-refractivity contribution in [3.63, 3.8) is 0 Å². The van der Waals surface area contributed by atoms with Gasteiger partial charge in [0.25, 0.3) is 0 Å². The van der Waals surface area contributed by atoms with Gasteiger partial charge >= 0.3 is 0 Å². The number of halogens is 1. The summed E-state index contributed by atoms with van der Waals surface area (Å²) >= 11 is 5.81. The van der Waals surface area contributed by atoms with Crippen LogP contribution in [0.25, 0.3) is 0 Å². The summed E-state index contributed by atoms with van der Waals surface area (Å²) in [6, 6.07) is 10.7. The summed E-state index contributed by atoms with van der Waals surface area (Å²) in [4.78, 5) is 0. The van der Waals surface area contributed by atoms with Crippen molar-refractivity contribution in [3.8, 4) is 17.2 Å². The maximum absolute atomic E-state index is 9.30. The zero-order valence-corrected chi connectivity index (χ0v) is 10.5. The van der Waals surface area contributed by atoms with Crippen LogP contribution in [-0.2, 0) is 0 Å². The molecule has 1 N–H and O–H groups in total. The highest BCUT2D eigenvalue weighted by Gasteiger charge is 2.03. The maximum Gasteiger partial charge on any atom is 0.134 e. The molecular weight excluding hydrogens is 236 g/mol. The quantitative estimate of drug-likeness (QED) is 0.851. The molecule has 0 amide bonds. The van der Waals surface area contributed by atoms with Crippen molar-refractivity contribution in [1.29, 1.82) is 0 Å². The van der Waals surface area contributed by atoms with E-state index in [9.17, 15) is 5.11 Å². The number of aromatic hydroxyl groups is 1. The normalized spacial score (nSPS) is 10.3. The van der Waals surface area contributed by atoms with Crippen LogP contribution in [0.4, 0.5) is 0 Å². The van der Waals surface area contributed by atoms with Gasteiger partial charge in [-0.15, -0.1) is 0 Å². The van der Waals surface area contributed by atoms with Gasteiger partial charge in [0.2, 0.25) is 0 Å². The molecule has 0 atom stereocenters. The van der Waals surface area contributed by atoms with Crippen molar-refractivity contribution >= 4 is 11.6 Å². The average Bonchev–Trinajstić information content (AvgIpc) is 2.29. The molecule has 0 fully saturated rings. The van der Waals surface area contributed by atoms with Crippen LogP contribution in [0.15, 0.2) is 36.4 Å². The van der Waals surface area contributed by atoms with E-state index in [1.807, 2.05) is 25.1 Å². The topological polar surface area (TPSA) is 29.5 Å². The largest absolute Gasteiger partial charge is 0.506 e. The van der Waals surface area contributed by atoms with E-state index in [4.69, 9.17) is 16.3 Å². The van der Waals surface area contributed by atoms with Gasteiger partial charge < -0.3 is 9.84 Å². The van der Waals surface area contributed by atoms with E-state index >= 15 is 0 Å². The SMILES string of the molecule is Cc1ccc(Oc2ccc(O)c(Cl)c2)cc1C. The zero-order chi connectivity index (χ0) is 12.4. The van der Waals surface area contributed by atoms with Gasteiger partial charge in [-0.05, 0) is 49.2 Å². The molecular formula is C14H13ClO2. The number of benzene rings is 2. The third-order valence-electron chi connectivity index (χ3n) is 2.63. The van der Waals surface area contributed by atoms with E-state index in [-0.39, 0.29) is 10.8 Å². The van der Waals surface area contributed by atoms with Crippen molar-refractivity contribution in [3.05, 3.63) is 52.5 Å². The lowest BCUT2D eigenvalue weighted by Crippen LogP contribution is -1.87. The van der Waals surface area contributed by atoms with E-state index in [0.717, 1.165) is 5.75 Å². The van der Waals surface area contributed by atoms with E-state index in [2.05, 4.69) is 6.92 Å². The molecule has 0 saturated carbocycles. The van der Waals surface area contributed by atoms with Crippen molar-refractivity contribution < 1.29 is 9.84 Å². The lowest BCUT2D eigenvalue weighted by Gasteiger charge is -2.08. The second kappa shape index (κ2) is 4.68. The summed E-state index contributed by atoms with van der Waals surface area (Å²) in [7, 11) is 0. The summed E-state index contributed by atoms with van der Waals surface area (Å²) in [5.74, 6) is 1.42. The fourth-order valence-electron chi connectivity index (χ4n) is 1.46. The first-order chi connectivity index (χ1) is 8.06. The Labute approximate surface area is 105 Å². The molecule has 2 nitrogen and oxygen atoms in total. The Hall–Kier alpha value is -1.67. The number of hydrogen-bond acceptors (Lipinski definition) is 2. The minimum Gasteiger partial charge on any atom is -0.506 e. The second-order valence-corrected chi connectivity index (χ2v) is 4.37. The van der Waals surface area contributed by atoms with Gasteiger partial charge in [-0.3, -0.25) is 0 Å². The Balaban J connectivity index is 2.25. The van der Waals surface area contributed by atoms with Gasteiger partial charge in [-0.2, -0.15) is 0 Å². The first-order valence-electron chi connectivity index (χ1n) is 5.30. The lowest BCUT2D eigenvalue weighted by atomic mass is 10.1. The van der Waals surface area contributed by atoms with Crippen molar-refractivity contribution in [2.24, 2.45) is 0 Å². The maximum atomic E-state index is 9.30. The van der Waals surface area contributed by atoms with Gasteiger partial charge in [0.1, 0.15) is 17.2 Å². The molecule has 0 aliphatic carbocycles. The predicted molar refractivity (Wildman–Crippen MR) is 69.1 cm³/mol. The lowest BCUT2D eigenvalue weighted by molar-refractivity contribution is 0.464. The molecule has 0 saturated heterocycles. The summed E-state index contributed by atoms with van der Waals surface area (Å²) < 4.78 is 5.65. The molecule has 3 heteroatoms. The third kappa shape index (κ3) is 2.71. The summed E-state index contributed by atoms with van der Waals surface area (Å²) in [5, 5.41) is 9.59. The number of ether oxygens (including phenoxy) is 1. The van der Waals surface area contributed by atoms with Crippen LogP contribution in [0.1, 0.15) is 11.1 Å². The third-order valence-corrected chi connectivity index (χ3v) is 2.94. The zero-order valence-electron chi connectivity index (χ0n) is 9.70. The molecule has 0 radical (unpaired) electrons. The van der Waals surface area contributed by atoms with Crippen LogP contribution in [0.2, 0.25) is 5.02 Å². The molecule has 0 aliphatic heterocycles. The molecule has 0 heterocycles. The molecule has 88 valence electrons. The van der Waals surface area contributed by atoms with Gasteiger partial charge in [0.15, 0.2) is 0 Å². The van der Waals surface area contributed by atoms with Crippen LogP contribution in [0.3, 0.4) is 0 Å². The highest BCUT2D eigenvalue weighted by Crippen LogP contribution is 2.30. The van der Waals surface area contributed by atoms with Crippen LogP contribution in [0.5, 0.6) is 17.2 Å². The Morgan fingerprint density at radius 3 is 2.24 bits per heavy atom. The van der Waals surface area contributed by atoms with Gasteiger partial charge in [-0.1, -0.05) is 17.7 Å². The van der Waals surface area contributed by atoms with E-state index < -0.39 is 0 Å². The monoisotopic (exact) mass is 248 g/mol. The van der Waals surface area contributed by atoms with Crippen LogP contribution in [0, 0.1) is 13.8 Å². The molecule has 2 aromatic rings. The minimum absolute atomic E-state index is 0.0547. The molecule has 0 bridgehead atoms. The highest BCUT2D eigenvalue weighted by atomic mass is 35.5. The Morgan fingerprint density at radius 2 is 1.59 bits per heavy atom. The molecule has 0 aliphatic rings. The van der Waals surface area contributed by atoms with E-state index in [0.29, 0.717) is 5.75 Å². The van der Waals surface area contributed by atoms with Crippen LogP contribution >= 0.6 is 11.6 Å². The minimum atomic E-state index is 0.0547. The summed E-state index contributed by atoms with van der Waals surface area (Å²) in [6.45, 7) is 4.09. The molecule has 2 rings (SSSR count). The van der Waals surface area contributed by atoms with Crippen LogP contribution < -0.4 is 4.74 Å². The van der Waals surface area contributed by atoms with Gasteiger partial charge in [0.05, 0.1) is 5.02 Å². The fraction of sp³-hybridized carbons (Fsp3) is 0.143. The number of aryl methyl sites for hydroxylation is 2. The van der Waals surface area contributed by atoms with E-state index in [1.54, 1.807) is 12.1 Å². The van der Waals surface area contributed by atoms with Crippen molar-refractivity contribution in [1.82, 2.24) is 0 Å². The average molecular weight is 249 g/mol. The Morgan fingerprint density at radius 1 is 0.941 bits per heavy atom. The van der Waals surface area contributed by atoms with Crippen LogP contribution in [-0.4, -0.2) is 5.11 Å². The first kappa shape index (κ1) is 11.8. The molecule has 0 unspecified atom stereocenters. The number of phenols is 1. The number of phenolic OH excluding ortho intramolecular Hbond substituents is 1. The smallest absolute Gasteiger partial charge is 0.134 e. The summed E-state index contributed by atoms with van der Waals surface area (Å²) in [5.41, 5.74) is 2.40. The van der Waals surface area contributed by atoms with E-state index in [1.165, 1.54) is 17.2 Å². The molecule has 0 spiro atoms. The van der Waals surface area contributed by atoms with Gasteiger partial charge in [0, 0.05) is 6.07 Å². The molecule has 2 aromatic carbocycles. The van der Waals surface area contributed by atoms with Crippen molar-refractivity contribution in [2.75, 3.05) is 0 Å².